The van der Waals surface area contributed by atoms with Crippen molar-refractivity contribution in [3.63, 3.8) is 0 Å². The standard InChI is InChI=1S/C35H44Br2N2O2/c1-3-5-7-9-11-13-23-38-32(27-17-15-26(25-36)16-18-27)30-31(35(38)41)33(28-19-21-29(37)22-20-28)39(34(30)40)24-14-12-10-8-6-4-2/h15-22H,3-14,23-25H2,1-2H3. The number of benzene rings is 2. The van der Waals surface area contributed by atoms with Crippen molar-refractivity contribution < 1.29 is 9.59 Å². The normalized spacial score (nSPS) is 15.1. The minimum atomic E-state index is -0.0372. The summed E-state index contributed by atoms with van der Waals surface area (Å²) in [6.45, 7) is 5.71. The van der Waals surface area contributed by atoms with E-state index in [4.69, 9.17) is 0 Å². The Bertz CT molecular complexity index is 1250. The molecule has 2 amide bonds. The monoisotopic (exact) mass is 682 g/mol. The Hall–Kier alpha value is -2.18. The van der Waals surface area contributed by atoms with Gasteiger partial charge in [-0.05, 0) is 41.7 Å². The van der Waals surface area contributed by atoms with Crippen LogP contribution in [0.5, 0.6) is 0 Å². The van der Waals surface area contributed by atoms with E-state index in [1.807, 2.05) is 34.1 Å². The van der Waals surface area contributed by atoms with Crippen LogP contribution in [0.1, 0.15) is 108 Å². The number of carbonyl (C=O) groups is 2. The molecule has 6 heteroatoms. The molecule has 0 N–H and O–H groups in total. The van der Waals surface area contributed by atoms with E-state index in [2.05, 4.69) is 70.0 Å². The lowest BCUT2D eigenvalue weighted by Gasteiger charge is -2.25. The molecule has 220 valence electrons. The maximum atomic E-state index is 14.3. The fourth-order valence-corrected chi connectivity index (χ4v) is 6.52. The number of halogens is 2. The summed E-state index contributed by atoms with van der Waals surface area (Å²) in [5.41, 5.74) is 5.73. The highest BCUT2D eigenvalue weighted by atomic mass is 79.9. The first kappa shape index (κ1) is 31.7. The molecule has 0 aliphatic carbocycles. The highest BCUT2D eigenvalue weighted by molar-refractivity contribution is 9.10. The number of unbranched alkanes of at least 4 members (excludes halogenated alkanes) is 10. The van der Waals surface area contributed by atoms with Gasteiger partial charge in [0.1, 0.15) is 0 Å². The molecule has 0 saturated heterocycles. The molecule has 0 radical (unpaired) electrons. The summed E-state index contributed by atoms with van der Waals surface area (Å²) in [7, 11) is 0. The van der Waals surface area contributed by atoms with Gasteiger partial charge in [0.2, 0.25) is 0 Å². The van der Waals surface area contributed by atoms with E-state index in [1.165, 1.54) is 56.9 Å². The second-order valence-electron chi connectivity index (χ2n) is 11.2. The molecule has 2 aromatic carbocycles. The Kier molecular flexibility index (Phi) is 12.3. The van der Waals surface area contributed by atoms with Gasteiger partial charge in [-0.25, -0.2) is 0 Å². The van der Waals surface area contributed by atoms with Crippen molar-refractivity contribution in [2.45, 2.75) is 96.2 Å². The number of fused-ring (bicyclic) bond motifs is 1. The van der Waals surface area contributed by atoms with E-state index in [9.17, 15) is 9.59 Å². The van der Waals surface area contributed by atoms with Gasteiger partial charge >= 0.3 is 0 Å². The molecule has 0 spiro atoms. The molecule has 4 nitrogen and oxygen atoms in total. The van der Waals surface area contributed by atoms with Gasteiger partial charge < -0.3 is 9.80 Å². The number of carbonyl (C=O) groups excluding carboxylic acids is 2. The van der Waals surface area contributed by atoms with Crippen LogP contribution in [0, 0.1) is 0 Å². The molecule has 4 rings (SSSR count). The van der Waals surface area contributed by atoms with Gasteiger partial charge in [-0.1, -0.05) is 146 Å². The average molecular weight is 685 g/mol. The van der Waals surface area contributed by atoms with Crippen LogP contribution in [0.3, 0.4) is 0 Å². The SMILES string of the molecule is CCCCCCCCN1C(=O)C2=C(c3ccc(CBr)cc3)N(CCCCCCCC)C(=O)C2=C1c1ccc(Br)cc1. The zero-order valence-corrected chi connectivity index (χ0v) is 27.9. The summed E-state index contributed by atoms with van der Waals surface area (Å²) in [5, 5.41) is 0.767. The summed E-state index contributed by atoms with van der Waals surface area (Å²) in [4.78, 5) is 32.3. The van der Waals surface area contributed by atoms with Crippen LogP contribution < -0.4 is 0 Å². The second kappa shape index (κ2) is 15.9. The highest BCUT2D eigenvalue weighted by Gasteiger charge is 2.48. The van der Waals surface area contributed by atoms with Crippen molar-refractivity contribution in [3.05, 3.63) is 80.8 Å². The Morgan fingerprint density at radius 2 is 0.951 bits per heavy atom. The summed E-state index contributed by atoms with van der Waals surface area (Å²) in [6.07, 6.45) is 13.8. The van der Waals surface area contributed by atoms with Gasteiger partial charge in [0.15, 0.2) is 0 Å². The third kappa shape index (κ3) is 7.62. The minimum Gasteiger partial charge on any atom is -0.307 e. The molecule has 2 aromatic rings. The average Bonchev–Trinajstić information content (AvgIpc) is 3.43. The van der Waals surface area contributed by atoms with E-state index < -0.39 is 0 Å². The van der Waals surface area contributed by atoms with Crippen molar-refractivity contribution in [2.75, 3.05) is 13.1 Å². The quantitative estimate of drug-likeness (QED) is 0.123. The Morgan fingerprint density at radius 3 is 1.37 bits per heavy atom. The van der Waals surface area contributed by atoms with Gasteiger partial charge in [-0.15, -0.1) is 0 Å². The molecular formula is C35H44Br2N2O2. The zero-order valence-electron chi connectivity index (χ0n) is 24.7. The number of alkyl halides is 1. The predicted molar refractivity (Wildman–Crippen MR) is 177 cm³/mol. The van der Waals surface area contributed by atoms with Gasteiger partial charge in [0.05, 0.1) is 22.5 Å². The van der Waals surface area contributed by atoms with Crippen LogP contribution in [0.25, 0.3) is 11.4 Å². The van der Waals surface area contributed by atoms with Crippen molar-refractivity contribution in [2.24, 2.45) is 0 Å². The number of amides is 2. The summed E-state index contributed by atoms with van der Waals surface area (Å²) in [6, 6.07) is 16.3. The molecule has 0 atom stereocenters. The molecule has 0 aromatic heterocycles. The van der Waals surface area contributed by atoms with E-state index in [0.717, 1.165) is 58.0 Å². The number of rotatable bonds is 17. The molecule has 0 bridgehead atoms. The Balaban J connectivity index is 1.72. The van der Waals surface area contributed by atoms with E-state index in [0.29, 0.717) is 24.2 Å². The van der Waals surface area contributed by atoms with E-state index in [-0.39, 0.29) is 11.8 Å². The Labute approximate surface area is 263 Å². The van der Waals surface area contributed by atoms with Gasteiger partial charge in [0, 0.05) is 22.9 Å². The van der Waals surface area contributed by atoms with Gasteiger partial charge in [-0.2, -0.15) is 0 Å². The lowest BCUT2D eigenvalue weighted by Crippen LogP contribution is -2.31. The first-order valence-corrected chi connectivity index (χ1v) is 17.5. The van der Waals surface area contributed by atoms with Crippen molar-refractivity contribution in [1.29, 1.82) is 0 Å². The smallest absolute Gasteiger partial charge is 0.261 e. The largest absolute Gasteiger partial charge is 0.307 e. The number of nitrogens with zero attached hydrogens (tertiary/aromatic N) is 2. The Morgan fingerprint density at radius 1 is 0.561 bits per heavy atom. The zero-order chi connectivity index (χ0) is 29.2. The predicted octanol–water partition coefficient (Wildman–Crippen LogP) is 9.87. The molecule has 2 aliphatic heterocycles. The third-order valence-electron chi connectivity index (χ3n) is 8.15. The van der Waals surface area contributed by atoms with E-state index >= 15 is 0 Å². The van der Waals surface area contributed by atoms with Crippen molar-refractivity contribution in [1.82, 2.24) is 9.80 Å². The maximum Gasteiger partial charge on any atom is 0.261 e. The van der Waals surface area contributed by atoms with Gasteiger partial charge in [-0.3, -0.25) is 9.59 Å². The van der Waals surface area contributed by atoms with Crippen LogP contribution in [-0.2, 0) is 14.9 Å². The lowest BCUT2D eigenvalue weighted by molar-refractivity contribution is -0.124. The molecular weight excluding hydrogens is 640 g/mol. The van der Waals surface area contributed by atoms with Crippen molar-refractivity contribution in [3.8, 4) is 0 Å². The highest BCUT2D eigenvalue weighted by Crippen LogP contribution is 2.47. The van der Waals surface area contributed by atoms with Crippen LogP contribution in [0.15, 0.2) is 64.1 Å². The molecule has 41 heavy (non-hydrogen) atoms. The molecule has 0 saturated carbocycles. The fourth-order valence-electron chi connectivity index (χ4n) is 5.88. The molecule has 0 fully saturated rings. The molecule has 2 heterocycles. The van der Waals surface area contributed by atoms with Crippen molar-refractivity contribution >= 4 is 55.1 Å². The molecule has 0 unspecified atom stereocenters. The summed E-state index contributed by atoms with van der Waals surface area (Å²) >= 11 is 7.09. The minimum absolute atomic E-state index is 0.0372. The topological polar surface area (TPSA) is 40.6 Å². The second-order valence-corrected chi connectivity index (χ2v) is 12.7. The number of hydrogen-bond acceptors (Lipinski definition) is 2. The fraction of sp³-hybridized carbons (Fsp3) is 0.486. The van der Waals surface area contributed by atoms with Crippen LogP contribution >= 0.6 is 31.9 Å². The summed E-state index contributed by atoms with van der Waals surface area (Å²) in [5.74, 6) is -0.0744. The van der Waals surface area contributed by atoms with Crippen LogP contribution in [-0.4, -0.2) is 34.7 Å². The lowest BCUT2D eigenvalue weighted by atomic mass is 10.0. The first-order valence-electron chi connectivity index (χ1n) is 15.6. The summed E-state index contributed by atoms with van der Waals surface area (Å²) < 4.78 is 0.976. The van der Waals surface area contributed by atoms with E-state index in [1.54, 1.807) is 0 Å². The molecule has 2 aliphatic rings. The number of hydrogen-bond donors (Lipinski definition) is 0. The van der Waals surface area contributed by atoms with Gasteiger partial charge in [0.25, 0.3) is 11.8 Å². The first-order chi connectivity index (χ1) is 20.0. The third-order valence-corrected chi connectivity index (χ3v) is 9.33. The van der Waals surface area contributed by atoms with Crippen LogP contribution in [0.4, 0.5) is 0 Å². The maximum absolute atomic E-state index is 14.3. The van der Waals surface area contributed by atoms with Crippen LogP contribution in [0.2, 0.25) is 0 Å².